The lowest BCUT2D eigenvalue weighted by atomic mass is 10.2. The molecule has 2 aromatic carbocycles. The van der Waals surface area contributed by atoms with Crippen molar-refractivity contribution >= 4 is 23.2 Å². The lowest BCUT2D eigenvalue weighted by molar-refractivity contribution is -0.384. The van der Waals surface area contributed by atoms with Crippen molar-refractivity contribution in [1.82, 2.24) is 10.6 Å². The summed E-state index contributed by atoms with van der Waals surface area (Å²) in [7, 11) is 0. The van der Waals surface area contributed by atoms with Gasteiger partial charge in [-0.1, -0.05) is 18.2 Å². The molecular weight excluding hydrogens is 324 g/mol. The van der Waals surface area contributed by atoms with Gasteiger partial charge in [-0.3, -0.25) is 19.7 Å². The highest BCUT2D eigenvalue weighted by molar-refractivity contribution is 5.96. The Labute approximate surface area is 144 Å². The van der Waals surface area contributed by atoms with Crippen molar-refractivity contribution in [1.29, 1.82) is 0 Å². The topological polar surface area (TPSA) is 113 Å². The van der Waals surface area contributed by atoms with Crippen molar-refractivity contribution < 1.29 is 14.5 Å². The van der Waals surface area contributed by atoms with Gasteiger partial charge in [-0.05, 0) is 24.3 Å². The SMILES string of the molecule is O=C(CNC(=O)c1ccccc1)NCCNc1ccc([N+](=O)[O-])cc1. The van der Waals surface area contributed by atoms with E-state index in [4.69, 9.17) is 0 Å². The van der Waals surface area contributed by atoms with Crippen molar-refractivity contribution in [3.05, 3.63) is 70.3 Å². The summed E-state index contributed by atoms with van der Waals surface area (Å²) in [5, 5.41) is 18.8. The van der Waals surface area contributed by atoms with Gasteiger partial charge in [-0.2, -0.15) is 0 Å². The molecule has 8 heteroatoms. The van der Waals surface area contributed by atoms with E-state index in [-0.39, 0.29) is 24.0 Å². The number of hydrogen-bond donors (Lipinski definition) is 3. The number of benzene rings is 2. The van der Waals surface area contributed by atoms with Gasteiger partial charge in [0.15, 0.2) is 0 Å². The van der Waals surface area contributed by atoms with Crippen LogP contribution in [0.1, 0.15) is 10.4 Å². The van der Waals surface area contributed by atoms with Gasteiger partial charge in [0.1, 0.15) is 0 Å². The molecule has 0 aliphatic heterocycles. The maximum atomic E-state index is 11.8. The summed E-state index contributed by atoms with van der Waals surface area (Å²) < 4.78 is 0. The zero-order chi connectivity index (χ0) is 18.1. The van der Waals surface area contributed by atoms with Crippen LogP contribution in [0, 0.1) is 10.1 Å². The van der Waals surface area contributed by atoms with Crippen molar-refractivity contribution in [3.8, 4) is 0 Å². The molecule has 0 aliphatic rings. The Hall–Kier alpha value is -3.42. The van der Waals surface area contributed by atoms with E-state index in [0.717, 1.165) is 5.69 Å². The van der Waals surface area contributed by atoms with Crippen LogP contribution in [0.5, 0.6) is 0 Å². The van der Waals surface area contributed by atoms with E-state index < -0.39 is 4.92 Å². The smallest absolute Gasteiger partial charge is 0.269 e. The second kappa shape index (κ2) is 9.02. The highest BCUT2D eigenvalue weighted by Crippen LogP contribution is 2.14. The predicted octanol–water partition coefficient (Wildman–Crippen LogP) is 1.55. The van der Waals surface area contributed by atoms with Crippen molar-refractivity contribution in [2.24, 2.45) is 0 Å². The quantitative estimate of drug-likeness (QED) is 0.383. The highest BCUT2D eigenvalue weighted by atomic mass is 16.6. The van der Waals surface area contributed by atoms with Gasteiger partial charge in [0.2, 0.25) is 5.91 Å². The second-order valence-corrected chi connectivity index (χ2v) is 5.13. The minimum absolute atomic E-state index is 0.0213. The van der Waals surface area contributed by atoms with E-state index in [2.05, 4.69) is 16.0 Å². The van der Waals surface area contributed by atoms with Crippen LogP contribution in [0.2, 0.25) is 0 Å². The maximum absolute atomic E-state index is 11.8. The molecule has 0 aliphatic carbocycles. The maximum Gasteiger partial charge on any atom is 0.269 e. The largest absolute Gasteiger partial charge is 0.383 e. The number of carbonyl (C=O) groups is 2. The molecule has 0 spiro atoms. The van der Waals surface area contributed by atoms with E-state index in [1.807, 2.05) is 0 Å². The van der Waals surface area contributed by atoms with Gasteiger partial charge < -0.3 is 16.0 Å². The molecule has 0 aromatic heterocycles. The average molecular weight is 342 g/mol. The molecular formula is C17H18N4O4. The third-order valence-electron chi connectivity index (χ3n) is 3.30. The fraction of sp³-hybridized carbons (Fsp3) is 0.176. The summed E-state index contributed by atoms with van der Waals surface area (Å²) in [5.74, 6) is -0.602. The number of nitrogens with one attached hydrogen (secondary N) is 3. The Morgan fingerprint density at radius 3 is 2.24 bits per heavy atom. The fourth-order valence-electron chi connectivity index (χ4n) is 2.02. The number of rotatable bonds is 8. The Morgan fingerprint density at radius 1 is 0.920 bits per heavy atom. The minimum atomic E-state index is -0.465. The first-order valence-electron chi connectivity index (χ1n) is 7.64. The molecule has 2 aromatic rings. The molecule has 8 nitrogen and oxygen atoms in total. The van der Waals surface area contributed by atoms with Crippen LogP contribution < -0.4 is 16.0 Å². The number of nitro benzene ring substituents is 1. The van der Waals surface area contributed by atoms with Gasteiger partial charge in [0.25, 0.3) is 11.6 Å². The third-order valence-corrected chi connectivity index (χ3v) is 3.30. The van der Waals surface area contributed by atoms with Crippen molar-refractivity contribution in [2.75, 3.05) is 25.0 Å². The Morgan fingerprint density at radius 2 is 1.60 bits per heavy atom. The van der Waals surface area contributed by atoms with Crippen LogP contribution >= 0.6 is 0 Å². The zero-order valence-electron chi connectivity index (χ0n) is 13.4. The standard InChI is InChI=1S/C17H18N4O4/c22-16(12-20-17(23)13-4-2-1-3-5-13)19-11-10-18-14-6-8-15(9-7-14)21(24)25/h1-9,18H,10-12H2,(H,19,22)(H,20,23). The number of carbonyl (C=O) groups excluding carboxylic acids is 2. The monoisotopic (exact) mass is 342 g/mol. The summed E-state index contributed by atoms with van der Waals surface area (Å²) in [5.41, 5.74) is 1.24. The fourth-order valence-corrected chi connectivity index (χ4v) is 2.02. The zero-order valence-corrected chi connectivity index (χ0v) is 13.4. The molecule has 0 fully saturated rings. The van der Waals surface area contributed by atoms with Crippen molar-refractivity contribution in [3.63, 3.8) is 0 Å². The van der Waals surface area contributed by atoms with Crippen LogP contribution in [-0.2, 0) is 4.79 Å². The van der Waals surface area contributed by atoms with Crippen LogP contribution in [0.25, 0.3) is 0 Å². The van der Waals surface area contributed by atoms with Crippen LogP contribution in [0.4, 0.5) is 11.4 Å². The Bertz CT molecular complexity index is 732. The normalized spacial score (nSPS) is 9.92. The predicted molar refractivity (Wildman–Crippen MR) is 93.4 cm³/mol. The molecule has 0 bridgehead atoms. The molecule has 3 N–H and O–H groups in total. The molecule has 0 heterocycles. The third kappa shape index (κ3) is 5.94. The van der Waals surface area contributed by atoms with Crippen LogP contribution in [0.15, 0.2) is 54.6 Å². The molecule has 0 radical (unpaired) electrons. The van der Waals surface area contributed by atoms with Crippen LogP contribution in [0.3, 0.4) is 0 Å². The number of anilines is 1. The van der Waals surface area contributed by atoms with Gasteiger partial charge in [0, 0.05) is 36.5 Å². The number of nitrogens with zero attached hydrogens (tertiary/aromatic N) is 1. The number of non-ortho nitro benzene ring substituents is 1. The minimum Gasteiger partial charge on any atom is -0.383 e. The summed E-state index contributed by atoms with van der Waals surface area (Å²) >= 11 is 0. The first kappa shape index (κ1) is 17.9. The van der Waals surface area contributed by atoms with E-state index in [1.54, 1.807) is 42.5 Å². The lowest BCUT2D eigenvalue weighted by Crippen LogP contribution is -2.38. The van der Waals surface area contributed by atoms with E-state index in [0.29, 0.717) is 18.7 Å². The summed E-state index contributed by atoms with van der Waals surface area (Å²) in [4.78, 5) is 33.6. The van der Waals surface area contributed by atoms with Gasteiger partial charge in [0.05, 0.1) is 11.5 Å². The summed E-state index contributed by atoms with van der Waals surface area (Å²) in [6.07, 6.45) is 0. The lowest BCUT2D eigenvalue weighted by Gasteiger charge is -2.09. The summed E-state index contributed by atoms with van der Waals surface area (Å²) in [6.45, 7) is 0.707. The van der Waals surface area contributed by atoms with Gasteiger partial charge >= 0.3 is 0 Å². The van der Waals surface area contributed by atoms with E-state index >= 15 is 0 Å². The van der Waals surface area contributed by atoms with Crippen molar-refractivity contribution in [2.45, 2.75) is 0 Å². The molecule has 0 atom stereocenters. The Balaban J connectivity index is 1.63. The summed E-state index contributed by atoms with van der Waals surface area (Å²) in [6, 6.07) is 14.6. The molecule has 0 unspecified atom stereocenters. The van der Waals surface area contributed by atoms with Gasteiger partial charge in [-0.15, -0.1) is 0 Å². The second-order valence-electron chi connectivity index (χ2n) is 5.13. The first-order chi connectivity index (χ1) is 12.1. The molecule has 25 heavy (non-hydrogen) atoms. The number of amides is 2. The highest BCUT2D eigenvalue weighted by Gasteiger charge is 2.07. The molecule has 2 amide bonds. The average Bonchev–Trinajstić information content (AvgIpc) is 2.64. The van der Waals surface area contributed by atoms with E-state index in [1.165, 1.54) is 12.1 Å². The van der Waals surface area contributed by atoms with Gasteiger partial charge in [-0.25, -0.2) is 0 Å². The van der Waals surface area contributed by atoms with Crippen LogP contribution in [-0.4, -0.2) is 36.4 Å². The molecule has 130 valence electrons. The first-order valence-corrected chi connectivity index (χ1v) is 7.64. The Kier molecular flexibility index (Phi) is 6.47. The van der Waals surface area contributed by atoms with E-state index in [9.17, 15) is 19.7 Å². The molecule has 2 rings (SSSR count). The number of nitro groups is 1. The molecule has 0 saturated carbocycles. The molecule has 0 saturated heterocycles. The number of hydrogen-bond acceptors (Lipinski definition) is 5.